The zero-order valence-corrected chi connectivity index (χ0v) is 11.3. The summed E-state index contributed by atoms with van der Waals surface area (Å²) in [5, 5.41) is 9.81. The van der Waals surface area contributed by atoms with Crippen LogP contribution in [0.5, 0.6) is 5.75 Å². The molecule has 0 radical (unpaired) electrons. The maximum Gasteiger partial charge on any atom is 0.118 e. The van der Waals surface area contributed by atoms with Crippen LogP contribution >= 0.6 is 0 Å². The fourth-order valence-electron chi connectivity index (χ4n) is 2.14. The Morgan fingerprint density at radius 1 is 0.882 bits per heavy atom. The minimum atomic E-state index is 0.473. The molecule has 0 saturated carbocycles. The van der Waals surface area contributed by atoms with Gasteiger partial charge in [0.05, 0.1) is 0 Å². The minimum Gasteiger partial charge on any atom is -0.508 e. The van der Waals surface area contributed by atoms with Crippen molar-refractivity contribution >= 4 is 0 Å². The number of benzene rings is 1. The lowest BCUT2D eigenvalue weighted by atomic mass is 10.0. The van der Waals surface area contributed by atoms with Crippen LogP contribution in [0.3, 0.4) is 0 Å². The normalized spacial score (nSPS) is 10.7. The number of hydrogen-bond donors (Lipinski definition) is 1. The number of aryl methyl sites for hydroxylation is 2. The van der Waals surface area contributed by atoms with Crippen molar-refractivity contribution in [3.05, 3.63) is 29.3 Å². The van der Waals surface area contributed by atoms with E-state index < -0.39 is 0 Å². The molecule has 17 heavy (non-hydrogen) atoms. The van der Waals surface area contributed by atoms with Crippen LogP contribution in [-0.2, 0) is 12.8 Å². The predicted molar refractivity (Wildman–Crippen MR) is 74.6 cm³/mol. The smallest absolute Gasteiger partial charge is 0.118 e. The molecule has 0 fully saturated rings. The molecule has 0 aliphatic heterocycles. The van der Waals surface area contributed by atoms with Crippen molar-refractivity contribution in [2.24, 2.45) is 0 Å². The van der Waals surface area contributed by atoms with E-state index in [1.807, 2.05) is 6.07 Å². The highest BCUT2D eigenvalue weighted by Gasteiger charge is 2.02. The van der Waals surface area contributed by atoms with Gasteiger partial charge in [-0.3, -0.25) is 0 Å². The van der Waals surface area contributed by atoms with E-state index in [0.29, 0.717) is 5.75 Å². The second-order valence-electron chi connectivity index (χ2n) is 4.88. The molecule has 1 nitrogen and oxygen atoms in total. The van der Waals surface area contributed by atoms with Gasteiger partial charge in [-0.25, -0.2) is 0 Å². The summed E-state index contributed by atoms with van der Waals surface area (Å²) in [6, 6.07) is 6.12. The van der Waals surface area contributed by atoms with E-state index in [0.717, 1.165) is 18.4 Å². The van der Waals surface area contributed by atoms with E-state index in [9.17, 15) is 5.11 Å². The first-order valence-electron chi connectivity index (χ1n) is 7.08. The van der Waals surface area contributed by atoms with Crippen molar-refractivity contribution in [3.8, 4) is 5.75 Å². The van der Waals surface area contributed by atoms with Crippen LogP contribution in [0, 0.1) is 0 Å². The fourth-order valence-corrected chi connectivity index (χ4v) is 2.14. The summed E-state index contributed by atoms with van der Waals surface area (Å²) in [6.45, 7) is 4.44. The van der Waals surface area contributed by atoms with Crippen LogP contribution in [0.4, 0.5) is 0 Å². The molecule has 0 aromatic heterocycles. The molecule has 1 N–H and O–H groups in total. The zero-order valence-electron chi connectivity index (χ0n) is 11.3. The number of phenols is 1. The molecular weight excluding hydrogens is 208 g/mol. The van der Waals surface area contributed by atoms with Gasteiger partial charge in [0.15, 0.2) is 0 Å². The van der Waals surface area contributed by atoms with Crippen LogP contribution < -0.4 is 0 Å². The first-order valence-corrected chi connectivity index (χ1v) is 7.08. The van der Waals surface area contributed by atoms with Gasteiger partial charge in [-0.1, -0.05) is 51.7 Å². The molecule has 1 heteroatoms. The number of aromatic hydroxyl groups is 1. The van der Waals surface area contributed by atoms with E-state index in [-0.39, 0.29) is 0 Å². The Morgan fingerprint density at radius 2 is 1.53 bits per heavy atom. The number of phenolic OH excluding ortho intramolecular Hbond substituents is 1. The standard InChI is InChI=1S/C16H26O/c1-3-5-7-9-14-11-12-16(17)15(13-14)10-8-6-4-2/h11-13,17H,3-10H2,1-2H3. The summed E-state index contributed by atoms with van der Waals surface area (Å²) >= 11 is 0. The van der Waals surface area contributed by atoms with Crippen molar-refractivity contribution in [2.45, 2.75) is 65.2 Å². The van der Waals surface area contributed by atoms with Crippen molar-refractivity contribution in [1.29, 1.82) is 0 Å². The van der Waals surface area contributed by atoms with Gasteiger partial charge in [-0.15, -0.1) is 0 Å². The van der Waals surface area contributed by atoms with E-state index in [1.54, 1.807) is 0 Å². The molecule has 1 aromatic carbocycles. The summed E-state index contributed by atoms with van der Waals surface area (Å²) in [5.41, 5.74) is 2.51. The number of rotatable bonds is 8. The molecule has 1 aromatic rings. The van der Waals surface area contributed by atoms with Gasteiger partial charge in [0.1, 0.15) is 5.75 Å². The third-order valence-electron chi connectivity index (χ3n) is 3.26. The molecule has 0 aliphatic rings. The van der Waals surface area contributed by atoms with Gasteiger partial charge in [0.2, 0.25) is 0 Å². The monoisotopic (exact) mass is 234 g/mol. The van der Waals surface area contributed by atoms with Gasteiger partial charge >= 0.3 is 0 Å². The Morgan fingerprint density at radius 3 is 2.18 bits per heavy atom. The second-order valence-corrected chi connectivity index (χ2v) is 4.88. The van der Waals surface area contributed by atoms with Gasteiger partial charge < -0.3 is 5.11 Å². The maximum atomic E-state index is 9.81. The van der Waals surface area contributed by atoms with Crippen molar-refractivity contribution in [2.75, 3.05) is 0 Å². The molecule has 0 aliphatic carbocycles. The van der Waals surface area contributed by atoms with Crippen LogP contribution in [0.25, 0.3) is 0 Å². The van der Waals surface area contributed by atoms with E-state index >= 15 is 0 Å². The topological polar surface area (TPSA) is 20.2 Å². The lowest BCUT2D eigenvalue weighted by molar-refractivity contribution is 0.466. The first-order chi connectivity index (χ1) is 8.27. The molecule has 0 heterocycles. The molecule has 0 amide bonds. The van der Waals surface area contributed by atoms with Crippen LogP contribution in [0.2, 0.25) is 0 Å². The Kier molecular flexibility index (Phi) is 6.76. The van der Waals surface area contributed by atoms with Crippen LogP contribution in [0.1, 0.15) is 63.5 Å². The minimum absolute atomic E-state index is 0.473. The molecule has 0 bridgehead atoms. The summed E-state index contributed by atoms with van der Waals surface area (Å²) < 4.78 is 0. The molecule has 1 rings (SSSR count). The van der Waals surface area contributed by atoms with Gasteiger partial charge in [0.25, 0.3) is 0 Å². The van der Waals surface area contributed by atoms with E-state index in [1.165, 1.54) is 44.1 Å². The molecule has 96 valence electrons. The predicted octanol–water partition coefficient (Wildman–Crippen LogP) is 4.86. The highest BCUT2D eigenvalue weighted by atomic mass is 16.3. The van der Waals surface area contributed by atoms with E-state index in [2.05, 4.69) is 26.0 Å². The summed E-state index contributed by atoms with van der Waals surface area (Å²) in [5.74, 6) is 0.473. The largest absolute Gasteiger partial charge is 0.508 e. The lowest BCUT2D eigenvalue weighted by Gasteiger charge is -2.07. The van der Waals surface area contributed by atoms with Gasteiger partial charge in [-0.2, -0.15) is 0 Å². The van der Waals surface area contributed by atoms with Gasteiger partial charge in [-0.05, 0) is 42.9 Å². The SMILES string of the molecule is CCCCCc1ccc(O)c(CCCCC)c1. The number of unbranched alkanes of at least 4 members (excludes halogenated alkanes) is 4. The Balaban J connectivity index is 2.53. The summed E-state index contributed by atoms with van der Waals surface area (Å²) in [7, 11) is 0. The van der Waals surface area contributed by atoms with Crippen LogP contribution in [-0.4, -0.2) is 5.11 Å². The molecule has 0 unspecified atom stereocenters. The second kappa shape index (κ2) is 8.16. The van der Waals surface area contributed by atoms with Crippen molar-refractivity contribution in [1.82, 2.24) is 0 Å². The Labute approximate surface area is 106 Å². The third-order valence-corrected chi connectivity index (χ3v) is 3.26. The maximum absolute atomic E-state index is 9.81. The molecular formula is C16H26O. The summed E-state index contributed by atoms with van der Waals surface area (Å²) in [6.07, 6.45) is 9.65. The van der Waals surface area contributed by atoms with Gasteiger partial charge in [0, 0.05) is 0 Å². The van der Waals surface area contributed by atoms with Crippen molar-refractivity contribution < 1.29 is 5.11 Å². The van der Waals surface area contributed by atoms with Crippen molar-refractivity contribution in [3.63, 3.8) is 0 Å². The highest BCUT2D eigenvalue weighted by Crippen LogP contribution is 2.22. The molecule has 0 spiro atoms. The molecule has 0 atom stereocenters. The quantitative estimate of drug-likeness (QED) is 0.637. The Bertz CT molecular complexity index is 317. The first kappa shape index (κ1) is 14.1. The number of hydrogen-bond acceptors (Lipinski definition) is 1. The van der Waals surface area contributed by atoms with Crippen LogP contribution in [0.15, 0.2) is 18.2 Å². The highest BCUT2D eigenvalue weighted by molar-refractivity contribution is 5.36. The average Bonchev–Trinajstić information content (AvgIpc) is 2.33. The average molecular weight is 234 g/mol. The third kappa shape index (κ3) is 5.25. The molecule has 0 saturated heterocycles. The van der Waals surface area contributed by atoms with E-state index in [4.69, 9.17) is 0 Å². The zero-order chi connectivity index (χ0) is 12.5. The Hall–Kier alpha value is -0.980. The lowest BCUT2D eigenvalue weighted by Crippen LogP contribution is -1.91. The summed E-state index contributed by atoms with van der Waals surface area (Å²) in [4.78, 5) is 0. The fraction of sp³-hybridized carbons (Fsp3) is 0.625.